The first kappa shape index (κ1) is 15.0. The standard InChI is InChI=1S/C9H19NO.C2H6/c1-8(2)6-5-7-10(4)9(3)11;1-2/h8H,5-7H2,1-4H3;1-2H3. The number of hydrogen-bond donors (Lipinski definition) is 0. The summed E-state index contributed by atoms with van der Waals surface area (Å²) < 4.78 is 0. The molecule has 0 aromatic heterocycles. The minimum absolute atomic E-state index is 0.161. The van der Waals surface area contributed by atoms with Crippen LogP contribution in [-0.4, -0.2) is 24.4 Å². The monoisotopic (exact) mass is 187 g/mol. The quantitative estimate of drug-likeness (QED) is 0.662. The number of carbonyl (C=O) groups is 1. The van der Waals surface area contributed by atoms with Gasteiger partial charge in [0.05, 0.1) is 0 Å². The van der Waals surface area contributed by atoms with Gasteiger partial charge in [-0.1, -0.05) is 27.7 Å². The maximum absolute atomic E-state index is 10.7. The summed E-state index contributed by atoms with van der Waals surface area (Å²) in [7, 11) is 1.85. The molecule has 0 radical (unpaired) electrons. The zero-order valence-corrected chi connectivity index (χ0v) is 10.1. The first-order valence-corrected chi connectivity index (χ1v) is 5.25. The lowest BCUT2D eigenvalue weighted by Crippen LogP contribution is -2.24. The van der Waals surface area contributed by atoms with Gasteiger partial charge in [0.15, 0.2) is 0 Å². The molecule has 0 heterocycles. The lowest BCUT2D eigenvalue weighted by Gasteiger charge is -2.14. The van der Waals surface area contributed by atoms with Crippen molar-refractivity contribution in [2.24, 2.45) is 5.92 Å². The highest BCUT2D eigenvalue weighted by Gasteiger charge is 2.01. The molecule has 0 bridgehead atoms. The molecule has 0 aliphatic heterocycles. The van der Waals surface area contributed by atoms with Crippen LogP contribution in [-0.2, 0) is 4.79 Å². The Morgan fingerprint density at radius 1 is 1.31 bits per heavy atom. The molecule has 0 spiro atoms. The number of nitrogens with zero attached hydrogens (tertiary/aromatic N) is 1. The van der Waals surface area contributed by atoms with Gasteiger partial charge >= 0.3 is 0 Å². The third-order valence-electron chi connectivity index (χ3n) is 1.81. The fourth-order valence-electron chi connectivity index (χ4n) is 0.894. The number of amides is 1. The molecule has 1 amide bonds. The topological polar surface area (TPSA) is 20.3 Å². The third kappa shape index (κ3) is 11.5. The van der Waals surface area contributed by atoms with Crippen molar-refractivity contribution < 1.29 is 4.79 Å². The van der Waals surface area contributed by atoms with Gasteiger partial charge < -0.3 is 4.90 Å². The van der Waals surface area contributed by atoms with Crippen molar-refractivity contribution in [1.82, 2.24) is 4.90 Å². The van der Waals surface area contributed by atoms with E-state index in [2.05, 4.69) is 13.8 Å². The van der Waals surface area contributed by atoms with Crippen LogP contribution < -0.4 is 0 Å². The summed E-state index contributed by atoms with van der Waals surface area (Å²) in [5.41, 5.74) is 0. The maximum Gasteiger partial charge on any atom is 0.219 e. The van der Waals surface area contributed by atoms with E-state index in [1.807, 2.05) is 20.9 Å². The minimum Gasteiger partial charge on any atom is -0.346 e. The predicted molar refractivity (Wildman–Crippen MR) is 58.7 cm³/mol. The third-order valence-corrected chi connectivity index (χ3v) is 1.81. The Bertz CT molecular complexity index is 121. The van der Waals surface area contributed by atoms with E-state index in [4.69, 9.17) is 0 Å². The van der Waals surface area contributed by atoms with Crippen molar-refractivity contribution >= 4 is 5.91 Å². The van der Waals surface area contributed by atoms with Crippen LogP contribution in [0.4, 0.5) is 0 Å². The van der Waals surface area contributed by atoms with E-state index < -0.39 is 0 Å². The van der Waals surface area contributed by atoms with Crippen molar-refractivity contribution in [3.8, 4) is 0 Å². The zero-order chi connectivity index (χ0) is 10.9. The van der Waals surface area contributed by atoms with Crippen molar-refractivity contribution in [3.63, 3.8) is 0 Å². The summed E-state index contributed by atoms with van der Waals surface area (Å²) in [6.07, 6.45) is 2.32. The highest BCUT2D eigenvalue weighted by Crippen LogP contribution is 2.03. The molecule has 0 saturated heterocycles. The van der Waals surface area contributed by atoms with Gasteiger partial charge in [-0.25, -0.2) is 0 Å². The molecule has 13 heavy (non-hydrogen) atoms. The lowest BCUT2D eigenvalue weighted by atomic mass is 10.1. The van der Waals surface area contributed by atoms with E-state index in [9.17, 15) is 4.79 Å². The molecule has 80 valence electrons. The Morgan fingerprint density at radius 3 is 2.08 bits per heavy atom. The molecule has 0 fully saturated rings. The largest absolute Gasteiger partial charge is 0.346 e. The summed E-state index contributed by atoms with van der Waals surface area (Å²) in [4.78, 5) is 12.5. The molecule has 0 N–H and O–H groups in total. The predicted octanol–water partition coefficient (Wildman–Crippen LogP) is 2.93. The van der Waals surface area contributed by atoms with E-state index in [1.54, 1.807) is 11.8 Å². The van der Waals surface area contributed by atoms with E-state index in [0.29, 0.717) is 0 Å². The van der Waals surface area contributed by atoms with Gasteiger partial charge in [0.1, 0.15) is 0 Å². The molecular formula is C11H25NO. The second-order valence-corrected chi connectivity index (χ2v) is 3.48. The first-order valence-electron chi connectivity index (χ1n) is 5.25. The van der Waals surface area contributed by atoms with Crippen LogP contribution in [0, 0.1) is 5.92 Å². The Hall–Kier alpha value is -0.530. The van der Waals surface area contributed by atoms with Crippen LogP contribution in [0.25, 0.3) is 0 Å². The van der Waals surface area contributed by atoms with Crippen LogP contribution in [0.15, 0.2) is 0 Å². The Labute approximate surface area is 83.3 Å². The van der Waals surface area contributed by atoms with Crippen LogP contribution in [0.3, 0.4) is 0 Å². The number of carbonyl (C=O) groups excluding carboxylic acids is 1. The van der Waals surface area contributed by atoms with E-state index in [1.165, 1.54) is 6.42 Å². The molecule has 0 unspecified atom stereocenters. The smallest absolute Gasteiger partial charge is 0.219 e. The number of rotatable bonds is 4. The summed E-state index contributed by atoms with van der Waals surface area (Å²) in [5.74, 6) is 0.907. The molecule has 0 aliphatic rings. The van der Waals surface area contributed by atoms with Crippen LogP contribution >= 0.6 is 0 Å². The van der Waals surface area contributed by atoms with Crippen LogP contribution in [0.5, 0.6) is 0 Å². The molecule has 0 saturated carbocycles. The van der Waals surface area contributed by atoms with Crippen LogP contribution in [0.1, 0.15) is 47.5 Å². The van der Waals surface area contributed by atoms with Crippen molar-refractivity contribution in [2.45, 2.75) is 47.5 Å². The Morgan fingerprint density at radius 2 is 1.77 bits per heavy atom. The normalized spacial score (nSPS) is 9.15. The number of hydrogen-bond acceptors (Lipinski definition) is 1. The molecule has 0 atom stereocenters. The summed E-state index contributed by atoms with van der Waals surface area (Å²) in [6.45, 7) is 10.9. The molecular weight excluding hydrogens is 162 g/mol. The highest BCUT2D eigenvalue weighted by molar-refractivity contribution is 5.72. The summed E-state index contributed by atoms with van der Waals surface area (Å²) >= 11 is 0. The average Bonchev–Trinajstić information content (AvgIpc) is 2.07. The van der Waals surface area contributed by atoms with Gasteiger partial charge in [0, 0.05) is 20.5 Å². The van der Waals surface area contributed by atoms with Crippen LogP contribution in [0.2, 0.25) is 0 Å². The lowest BCUT2D eigenvalue weighted by molar-refractivity contribution is -0.127. The summed E-state index contributed by atoms with van der Waals surface area (Å²) in [6, 6.07) is 0. The van der Waals surface area contributed by atoms with Crippen molar-refractivity contribution in [1.29, 1.82) is 0 Å². The molecule has 0 aromatic carbocycles. The van der Waals surface area contributed by atoms with Gasteiger partial charge in [-0.2, -0.15) is 0 Å². The van der Waals surface area contributed by atoms with Gasteiger partial charge in [-0.05, 0) is 18.8 Å². The second kappa shape index (κ2) is 9.56. The minimum atomic E-state index is 0.161. The fourth-order valence-corrected chi connectivity index (χ4v) is 0.894. The molecule has 0 aromatic rings. The summed E-state index contributed by atoms with van der Waals surface area (Å²) in [5, 5.41) is 0. The van der Waals surface area contributed by atoms with E-state index >= 15 is 0 Å². The molecule has 2 heteroatoms. The Balaban J connectivity index is 0. The van der Waals surface area contributed by atoms with Crippen molar-refractivity contribution in [3.05, 3.63) is 0 Å². The van der Waals surface area contributed by atoms with Gasteiger partial charge in [-0.15, -0.1) is 0 Å². The Kier molecular flexibility index (Phi) is 11.0. The first-order chi connectivity index (χ1) is 6.04. The van der Waals surface area contributed by atoms with E-state index in [-0.39, 0.29) is 5.91 Å². The maximum atomic E-state index is 10.7. The SMILES string of the molecule is CC.CC(=O)N(C)CCCC(C)C. The molecule has 2 nitrogen and oxygen atoms in total. The fraction of sp³-hybridized carbons (Fsp3) is 0.909. The van der Waals surface area contributed by atoms with E-state index in [0.717, 1.165) is 18.9 Å². The second-order valence-electron chi connectivity index (χ2n) is 3.48. The highest BCUT2D eigenvalue weighted by atomic mass is 16.2. The molecule has 0 rings (SSSR count). The van der Waals surface area contributed by atoms with Gasteiger partial charge in [0.25, 0.3) is 0 Å². The van der Waals surface area contributed by atoms with Gasteiger partial charge in [-0.3, -0.25) is 4.79 Å². The van der Waals surface area contributed by atoms with Crippen molar-refractivity contribution in [2.75, 3.05) is 13.6 Å². The molecule has 0 aliphatic carbocycles. The zero-order valence-electron chi connectivity index (χ0n) is 10.1. The van der Waals surface area contributed by atoms with Gasteiger partial charge in [0.2, 0.25) is 5.91 Å². The average molecular weight is 187 g/mol.